The van der Waals surface area contributed by atoms with Crippen LogP contribution in [-0.4, -0.2) is 48.4 Å². The number of nitrogens with zero attached hydrogens (tertiary/aromatic N) is 3. The third kappa shape index (κ3) is 6.58. The number of benzene rings is 1. The molecule has 1 atom stereocenters. The van der Waals surface area contributed by atoms with E-state index in [1.165, 1.54) is 31.2 Å². The molecule has 2 heterocycles. The summed E-state index contributed by atoms with van der Waals surface area (Å²) in [6.45, 7) is 11.6. The summed E-state index contributed by atoms with van der Waals surface area (Å²) < 4.78 is 0. The highest BCUT2D eigenvalue weighted by molar-refractivity contribution is 6.30. The minimum absolute atomic E-state index is 0.434. The van der Waals surface area contributed by atoms with Crippen LogP contribution in [0.15, 0.2) is 70.4 Å². The van der Waals surface area contributed by atoms with E-state index in [1.807, 2.05) is 13.0 Å². The van der Waals surface area contributed by atoms with Gasteiger partial charge in [-0.25, -0.2) is 4.99 Å². The van der Waals surface area contributed by atoms with Crippen molar-refractivity contribution in [2.45, 2.75) is 52.0 Å². The minimum atomic E-state index is 0.434. The average Bonchev–Trinajstić information content (AvgIpc) is 2.67. The zero-order valence-corrected chi connectivity index (χ0v) is 19.5. The first-order valence-electron chi connectivity index (χ1n) is 11.2. The highest BCUT2D eigenvalue weighted by Gasteiger charge is 2.28. The van der Waals surface area contributed by atoms with Gasteiger partial charge in [0, 0.05) is 29.9 Å². The first kappa shape index (κ1) is 22.8. The molecule has 2 aliphatic rings. The molecule has 2 aliphatic heterocycles. The van der Waals surface area contributed by atoms with E-state index in [0.29, 0.717) is 6.04 Å². The van der Waals surface area contributed by atoms with Gasteiger partial charge < -0.3 is 4.90 Å². The number of halogens is 1. The number of rotatable bonds is 7. The quantitative estimate of drug-likeness (QED) is 0.301. The van der Waals surface area contributed by atoms with Crippen LogP contribution in [0.5, 0.6) is 0 Å². The molecule has 0 bridgehead atoms. The van der Waals surface area contributed by atoms with Crippen LogP contribution in [0.2, 0.25) is 0 Å². The predicted molar refractivity (Wildman–Crippen MR) is 130 cm³/mol. The van der Waals surface area contributed by atoms with Gasteiger partial charge in [-0.3, -0.25) is 4.90 Å². The largest absolute Gasteiger partial charge is 0.356 e. The van der Waals surface area contributed by atoms with E-state index in [0.717, 1.165) is 54.1 Å². The van der Waals surface area contributed by atoms with Crippen molar-refractivity contribution in [3.63, 3.8) is 0 Å². The summed E-state index contributed by atoms with van der Waals surface area (Å²) in [5.41, 5.74) is 3.58. The van der Waals surface area contributed by atoms with E-state index in [2.05, 4.69) is 66.8 Å². The van der Waals surface area contributed by atoms with Gasteiger partial charge in [0.15, 0.2) is 0 Å². The molecule has 4 heteroatoms. The Morgan fingerprint density at radius 1 is 1.17 bits per heavy atom. The van der Waals surface area contributed by atoms with E-state index >= 15 is 0 Å². The van der Waals surface area contributed by atoms with Gasteiger partial charge in [-0.2, -0.15) is 0 Å². The number of hydrogen-bond donors (Lipinski definition) is 0. The van der Waals surface area contributed by atoms with Crippen molar-refractivity contribution in [3.05, 3.63) is 70.9 Å². The summed E-state index contributed by atoms with van der Waals surface area (Å²) in [4.78, 5) is 9.67. The second-order valence-corrected chi connectivity index (χ2v) is 9.45. The summed E-state index contributed by atoms with van der Waals surface area (Å²) >= 11 is 6.22. The molecule has 1 aromatic carbocycles. The molecule has 3 nitrogen and oxygen atoms in total. The topological polar surface area (TPSA) is 18.8 Å². The fraction of sp³-hybridized carbons (Fsp3) is 0.500. The van der Waals surface area contributed by atoms with Gasteiger partial charge in [0.2, 0.25) is 0 Å². The molecule has 3 rings (SSSR count). The highest BCUT2D eigenvalue weighted by atomic mass is 35.5. The summed E-state index contributed by atoms with van der Waals surface area (Å²) in [6, 6.07) is 11.2. The van der Waals surface area contributed by atoms with E-state index in [4.69, 9.17) is 16.6 Å². The molecule has 162 valence electrons. The van der Waals surface area contributed by atoms with Crippen LogP contribution in [0.3, 0.4) is 0 Å². The van der Waals surface area contributed by atoms with E-state index in [9.17, 15) is 0 Å². The molecule has 0 spiro atoms. The summed E-state index contributed by atoms with van der Waals surface area (Å²) in [5, 5.41) is 0.764. The van der Waals surface area contributed by atoms with E-state index < -0.39 is 0 Å². The van der Waals surface area contributed by atoms with Crippen LogP contribution in [0.1, 0.15) is 45.1 Å². The smallest absolute Gasteiger partial charge is 0.129 e. The van der Waals surface area contributed by atoms with Crippen molar-refractivity contribution in [2.24, 2.45) is 10.9 Å². The van der Waals surface area contributed by atoms with Crippen LogP contribution in [0.25, 0.3) is 0 Å². The molecule has 0 radical (unpaired) electrons. The van der Waals surface area contributed by atoms with Gasteiger partial charge >= 0.3 is 0 Å². The average molecular weight is 426 g/mol. The fourth-order valence-electron chi connectivity index (χ4n) is 4.45. The van der Waals surface area contributed by atoms with E-state index in [1.54, 1.807) is 0 Å². The number of piperidine rings is 1. The van der Waals surface area contributed by atoms with Gasteiger partial charge in [-0.05, 0) is 82.3 Å². The first-order valence-corrected chi connectivity index (χ1v) is 11.6. The van der Waals surface area contributed by atoms with E-state index in [-0.39, 0.29) is 0 Å². The molecule has 0 aliphatic carbocycles. The van der Waals surface area contributed by atoms with Crippen LogP contribution in [0.4, 0.5) is 0 Å². The Hall–Kier alpha value is -1.84. The molecule has 2 saturated heterocycles. The van der Waals surface area contributed by atoms with Crippen molar-refractivity contribution in [3.8, 4) is 0 Å². The van der Waals surface area contributed by atoms with Gasteiger partial charge in [-0.15, -0.1) is 0 Å². The Morgan fingerprint density at radius 2 is 1.90 bits per heavy atom. The Kier molecular flexibility index (Phi) is 8.35. The summed E-state index contributed by atoms with van der Waals surface area (Å²) in [5.74, 6) is 1.69. The lowest BCUT2D eigenvalue weighted by Crippen LogP contribution is -2.49. The monoisotopic (exact) mass is 425 g/mol. The van der Waals surface area contributed by atoms with Crippen molar-refractivity contribution >= 4 is 17.4 Å². The van der Waals surface area contributed by atoms with Crippen molar-refractivity contribution in [1.29, 1.82) is 0 Å². The fourth-order valence-corrected chi connectivity index (χ4v) is 4.55. The van der Waals surface area contributed by atoms with Crippen molar-refractivity contribution in [1.82, 2.24) is 9.80 Å². The lowest BCUT2D eigenvalue weighted by molar-refractivity contribution is 0.179. The van der Waals surface area contributed by atoms with Crippen molar-refractivity contribution < 1.29 is 0 Å². The number of hydrogen-bond acceptors (Lipinski definition) is 2. The molecule has 2 fully saturated rings. The minimum Gasteiger partial charge on any atom is -0.356 e. The summed E-state index contributed by atoms with van der Waals surface area (Å²) in [7, 11) is 2.20. The highest BCUT2D eigenvalue weighted by Crippen LogP contribution is 2.25. The van der Waals surface area contributed by atoms with Gasteiger partial charge in [0.1, 0.15) is 5.84 Å². The number of allylic oxidation sites excluding steroid dienone is 2. The molecule has 30 heavy (non-hydrogen) atoms. The molecule has 1 unspecified atom stereocenters. The van der Waals surface area contributed by atoms with Gasteiger partial charge in [0.25, 0.3) is 0 Å². The standard InChI is InChI=1S/C26H36ClN3/c1-20(25-12-8-9-15-29(25)4)16-22(3)28-26(17-21(2)27)30-18-24(19-30)14-13-23-10-6-5-7-11-23/h5-7,10-11,16-17,24-25H,1,8-9,12-15,18-19H2,2-4H3/b21-17+,22-16+,28-26+. The zero-order chi connectivity index (χ0) is 21.5. The molecule has 0 saturated carbocycles. The number of aryl methyl sites for hydroxylation is 1. The third-order valence-corrected chi connectivity index (χ3v) is 6.29. The molecule has 1 aromatic rings. The Balaban J connectivity index is 1.59. The SMILES string of the molecule is C=C(/C=C(C)/N=C(\C=C(/C)Cl)N1CC(CCc2ccccc2)C1)C1CCCCN1C. The van der Waals surface area contributed by atoms with Crippen molar-refractivity contribution in [2.75, 3.05) is 26.7 Å². The number of likely N-dealkylation sites (tertiary alicyclic amines) is 2. The Morgan fingerprint density at radius 3 is 2.57 bits per heavy atom. The lowest BCUT2D eigenvalue weighted by atomic mass is 9.92. The predicted octanol–water partition coefficient (Wildman–Crippen LogP) is 6.04. The number of aliphatic imine (C=N–C) groups is 1. The van der Waals surface area contributed by atoms with Gasteiger partial charge in [0.05, 0.1) is 0 Å². The van der Waals surface area contributed by atoms with Crippen LogP contribution in [-0.2, 0) is 6.42 Å². The number of likely N-dealkylation sites (N-methyl/N-ethyl adjacent to an activating group) is 1. The molecule has 0 aromatic heterocycles. The van der Waals surface area contributed by atoms with Crippen LogP contribution >= 0.6 is 11.6 Å². The Bertz CT molecular complexity index is 799. The molecular formula is C26H36ClN3. The second kappa shape index (κ2) is 11.0. The zero-order valence-electron chi connectivity index (χ0n) is 18.8. The maximum atomic E-state index is 6.22. The van der Waals surface area contributed by atoms with Gasteiger partial charge in [-0.1, -0.05) is 54.9 Å². The molecular weight excluding hydrogens is 390 g/mol. The second-order valence-electron chi connectivity index (χ2n) is 8.85. The maximum absolute atomic E-state index is 6.22. The Labute approximate surface area is 187 Å². The number of amidine groups is 1. The lowest BCUT2D eigenvalue weighted by Gasteiger charge is -2.41. The van der Waals surface area contributed by atoms with Crippen LogP contribution in [0, 0.1) is 5.92 Å². The molecule has 0 N–H and O–H groups in total. The van der Waals surface area contributed by atoms with Crippen LogP contribution < -0.4 is 0 Å². The summed E-state index contributed by atoms with van der Waals surface area (Å²) in [6.07, 6.45) is 10.2. The first-order chi connectivity index (χ1) is 14.4. The molecule has 0 amide bonds. The third-order valence-electron chi connectivity index (χ3n) is 6.18. The maximum Gasteiger partial charge on any atom is 0.129 e. The normalized spacial score (nSPS) is 22.2.